The molecule has 1 rings (SSSR count). The number of aryl methyl sites for hydroxylation is 1. The first-order chi connectivity index (χ1) is 6.74. The zero-order valence-electron chi connectivity index (χ0n) is 8.36. The van der Waals surface area contributed by atoms with E-state index in [1.807, 2.05) is 19.1 Å². The Kier molecular flexibility index (Phi) is 3.85. The second-order valence-electron chi connectivity index (χ2n) is 2.76. The van der Waals surface area contributed by atoms with Crippen LogP contribution >= 0.6 is 0 Å². The molecule has 0 unspecified atom stereocenters. The summed E-state index contributed by atoms with van der Waals surface area (Å²) in [4.78, 5) is 15.1. The molecule has 0 aromatic carbocycles. The average Bonchev–Trinajstić information content (AvgIpc) is 2.17. The van der Waals surface area contributed by atoms with E-state index in [2.05, 4.69) is 4.98 Å². The molecule has 1 heterocycles. The Balaban J connectivity index is 2.69. The van der Waals surface area contributed by atoms with Gasteiger partial charge in [0.15, 0.2) is 0 Å². The van der Waals surface area contributed by atoms with Crippen molar-refractivity contribution in [1.29, 1.82) is 0 Å². The van der Waals surface area contributed by atoms with E-state index in [9.17, 15) is 4.79 Å². The van der Waals surface area contributed by atoms with Gasteiger partial charge in [0.2, 0.25) is 0 Å². The van der Waals surface area contributed by atoms with Crippen LogP contribution in [0.1, 0.15) is 18.2 Å². The Labute approximate surface area is 83.4 Å². The molecule has 0 spiro atoms. The van der Waals surface area contributed by atoms with E-state index in [0.29, 0.717) is 6.61 Å². The van der Waals surface area contributed by atoms with E-state index in [1.54, 1.807) is 19.2 Å². The number of nitrogens with zero attached hydrogens (tertiary/aromatic N) is 1. The van der Waals surface area contributed by atoms with Crippen molar-refractivity contribution >= 4 is 12.0 Å². The Hall–Kier alpha value is -1.64. The second-order valence-corrected chi connectivity index (χ2v) is 2.76. The maximum Gasteiger partial charge on any atom is 0.330 e. The van der Waals surface area contributed by atoms with E-state index < -0.39 is 0 Å². The first-order valence-electron chi connectivity index (χ1n) is 4.50. The standard InChI is InChI=1S/C11H13NO2/c1-3-14-11(13)7-6-10-5-4-8-12-9(10)2/h4-8H,3H2,1-2H3/b7-6+. The number of aromatic nitrogens is 1. The van der Waals surface area contributed by atoms with Gasteiger partial charge in [0.1, 0.15) is 0 Å². The summed E-state index contributed by atoms with van der Waals surface area (Å²) < 4.78 is 4.76. The van der Waals surface area contributed by atoms with Gasteiger partial charge in [0.05, 0.1) is 6.61 Å². The van der Waals surface area contributed by atoms with Crippen LogP contribution in [0, 0.1) is 6.92 Å². The molecule has 0 bridgehead atoms. The SMILES string of the molecule is CCOC(=O)/C=C/c1cccnc1C. The van der Waals surface area contributed by atoms with E-state index in [4.69, 9.17) is 4.74 Å². The van der Waals surface area contributed by atoms with Gasteiger partial charge in [-0.25, -0.2) is 4.79 Å². The predicted molar refractivity (Wildman–Crippen MR) is 54.6 cm³/mol. The molecule has 0 saturated carbocycles. The Morgan fingerprint density at radius 2 is 2.43 bits per heavy atom. The molecular weight excluding hydrogens is 178 g/mol. The number of ether oxygens (including phenoxy) is 1. The van der Waals surface area contributed by atoms with Gasteiger partial charge in [-0.15, -0.1) is 0 Å². The van der Waals surface area contributed by atoms with Gasteiger partial charge < -0.3 is 4.74 Å². The van der Waals surface area contributed by atoms with Gasteiger partial charge in [-0.2, -0.15) is 0 Å². The largest absolute Gasteiger partial charge is 0.463 e. The Bertz CT molecular complexity index is 345. The maximum atomic E-state index is 11.0. The van der Waals surface area contributed by atoms with E-state index in [0.717, 1.165) is 11.3 Å². The van der Waals surface area contributed by atoms with Crippen LogP contribution in [0.25, 0.3) is 6.08 Å². The number of hydrogen-bond donors (Lipinski definition) is 0. The topological polar surface area (TPSA) is 39.2 Å². The summed E-state index contributed by atoms with van der Waals surface area (Å²) in [5.74, 6) is -0.323. The summed E-state index contributed by atoms with van der Waals surface area (Å²) in [5, 5.41) is 0. The summed E-state index contributed by atoms with van der Waals surface area (Å²) >= 11 is 0. The lowest BCUT2D eigenvalue weighted by Crippen LogP contribution is -1.98. The van der Waals surface area contributed by atoms with Gasteiger partial charge >= 0.3 is 5.97 Å². The first kappa shape index (κ1) is 10.4. The summed E-state index contributed by atoms with van der Waals surface area (Å²) in [5.41, 5.74) is 1.83. The van der Waals surface area contributed by atoms with Crippen molar-refractivity contribution in [2.75, 3.05) is 6.61 Å². The third kappa shape index (κ3) is 3.01. The zero-order valence-corrected chi connectivity index (χ0v) is 8.36. The van der Waals surface area contributed by atoms with Crippen molar-refractivity contribution in [3.05, 3.63) is 35.7 Å². The molecule has 1 aromatic rings. The molecule has 0 amide bonds. The smallest absolute Gasteiger partial charge is 0.330 e. The third-order valence-corrected chi connectivity index (χ3v) is 1.73. The number of esters is 1. The minimum absolute atomic E-state index is 0.323. The molecule has 0 saturated heterocycles. The molecule has 3 nitrogen and oxygen atoms in total. The fourth-order valence-electron chi connectivity index (χ4n) is 1.02. The lowest BCUT2D eigenvalue weighted by atomic mass is 10.2. The van der Waals surface area contributed by atoms with Crippen molar-refractivity contribution in [2.45, 2.75) is 13.8 Å². The molecule has 0 atom stereocenters. The van der Waals surface area contributed by atoms with Crippen LogP contribution in [0.15, 0.2) is 24.4 Å². The van der Waals surface area contributed by atoms with E-state index in [1.165, 1.54) is 6.08 Å². The van der Waals surface area contributed by atoms with Gasteiger partial charge in [-0.05, 0) is 31.6 Å². The molecule has 0 aliphatic rings. The van der Waals surface area contributed by atoms with Crippen LogP contribution < -0.4 is 0 Å². The predicted octanol–water partition coefficient (Wildman–Crippen LogP) is 1.97. The van der Waals surface area contributed by atoms with E-state index in [-0.39, 0.29) is 5.97 Å². The summed E-state index contributed by atoms with van der Waals surface area (Å²) in [6, 6.07) is 3.73. The van der Waals surface area contributed by atoms with Crippen LogP contribution in [0.5, 0.6) is 0 Å². The van der Waals surface area contributed by atoms with Crippen LogP contribution in [0.2, 0.25) is 0 Å². The number of hydrogen-bond acceptors (Lipinski definition) is 3. The summed E-state index contributed by atoms with van der Waals surface area (Å²) in [7, 11) is 0. The van der Waals surface area contributed by atoms with Crippen LogP contribution in [0.4, 0.5) is 0 Å². The van der Waals surface area contributed by atoms with Gasteiger partial charge in [-0.3, -0.25) is 4.98 Å². The molecular formula is C11H13NO2. The van der Waals surface area contributed by atoms with Gasteiger partial charge in [0.25, 0.3) is 0 Å². The highest BCUT2D eigenvalue weighted by Crippen LogP contribution is 2.05. The molecule has 3 heteroatoms. The fourth-order valence-corrected chi connectivity index (χ4v) is 1.02. The molecule has 0 radical (unpaired) electrons. The molecule has 0 N–H and O–H groups in total. The van der Waals surface area contributed by atoms with Crippen molar-refractivity contribution < 1.29 is 9.53 Å². The Morgan fingerprint density at radius 1 is 1.64 bits per heavy atom. The lowest BCUT2D eigenvalue weighted by molar-refractivity contribution is -0.137. The number of pyridine rings is 1. The minimum atomic E-state index is -0.323. The molecule has 14 heavy (non-hydrogen) atoms. The number of rotatable bonds is 3. The summed E-state index contributed by atoms with van der Waals surface area (Å²) in [6.07, 6.45) is 4.84. The number of carbonyl (C=O) groups excluding carboxylic acids is 1. The van der Waals surface area contributed by atoms with Crippen molar-refractivity contribution in [2.24, 2.45) is 0 Å². The second kappa shape index (κ2) is 5.17. The van der Waals surface area contributed by atoms with Crippen molar-refractivity contribution in [3.63, 3.8) is 0 Å². The van der Waals surface area contributed by atoms with Crippen LogP contribution in [0.3, 0.4) is 0 Å². The zero-order chi connectivity index (χ0) is 10.4. The third-order valence-electron chi connectivity index (χ3n) is 1.73. The van der Waals surface area contributed by atoms with Gasteiger partial charge in [-0.1, -0.05) is 6.07 Å². The van der Waals surface area contributed by atoms with E-state index >= 15 is 0 Å². The molecule has 0 aliphatic carbocycles. The highest BCUT2D eigenvalue weighted by atomic mass is 16.5. The molecule has 74 valence electrons. The molecule has 0 aliphatic heterocycles. The highest BCUT2D eigenvalue weighted by molar-refractivity contribution is 5.87. The van der Waals surface area contributed by atoms with Crippen molar-refractivity contribution in [1.82, 2.24) is 4.98 Å². The first-order valence-corrected chi connectivity index (χ1v) is 4.50. The highest BCUT2D eigenvalue weighted by Gasteiger charge is 1.96. The monoisotopic (exact) mass is 191 g/mol. The molecule has 1 aromatic heterocycles. The van der Waals surface area contributed by atoms with Crippen molar-refractivity contribution in [3.8, 4) is 0 Å². The maximum absolute atomic E-state index is 11.0. The summed E-state index contributed by atoms with van der Waals surface area (Å²) in [6.45, 7) is 4.07. The quantitative estimate of drug-likeness (QED) is 0.541. The number of carbonyl (C=O) groups is 1. The average molecular weight is 191 g/mol. The van der Waals surface area contributed by atoms with Crippen LogP contribution in [-0.2, 0) is 9.53 Å². The minimum Gasteiger partial charge on any atom is -0.463 e. The fraction of sp³-hybridized carbons (Fsp3) is 0.273. The molecule has 0 fully saturated rings. The lowest BCUT2D eigenvalue weighted by Gasteiger charge is -1.97. The normalized spacial score (nSPS) is 10.4. The van der Waals surface area contributed by atoms with Gasteiger partial charge in [0, 0.05) is 18.0 Å². The van der Waals surface area contributed by atoms with Crippen LogP contribution in [-0.4, -0.2) is 17.6 Å². The Morgan fingerprint density at radius 3 is 3.07 bits per heavy atom.